The number of unbranched alkanes of at least 4 members (excludes halogenated alkanes) is 9. The fraction of sp³-hybridized carbons (Fsp3) is 0.709. The maximum atomic E-state index is 14.0. The largest absolute Gasteiger partial charge is 0.461 e. The lowest BCUT2D eigenvalue weighted by molar-refractivity contribution is -0.229. The van der Waals surface area contributed by atoms with E-state index in [4.69, 9.17) is 61.6 Å². The third kappa shape index (κ3) is 29.4. The number of aliphatic hydroxyl groups excluding tert-OH is 6. The number of halogens is 9. The Balaban J connectivity index is 0.650. The van der Waals surface area contributed by atoms with E-state index in [0.29, 0.717) is 115 Å². The van der Waals surface area contributed by atoms with Crippen LogP contribution in [0.5, 0.6) is 0 Å². The standard InChI is InChI=1S/C79H110F9N13O24/c80-77(81,82)50-33-89-36-53(95-50)98-61-64(107)67(110)74(46-120-70(61)123-74)43-113-27-13-4-1-10-24-92-56(102)21-30-116-40-73(101-59(105)19-16-20-60(106)119-39-49-17-8-7-9-18-49,41-117-31-22-57(103)93-25-11-2-5-14-28-114-44-75-47-121-71(124-75)62(65(108)68(75)111)99-54-37-90-34-51(96-54)78(83,84)85)42-118-32-23-58(104)94-26-12-3-6-15-29-115-45-76-48-122-72(125-76)63(66(109)69(76)112)100-55-38-91-35-52(97-55)79(86,87)88/h7-9,17-18,33-38,61-72,107-112H,1-6,10-16,19-32,39-48H2,(H,92,102)(H,93,103)(H,94,104)(H,95,98)(H,96,99)(H,97,100)(H,101,105)/t61-,62-,63-,64-,65-,66-,67-,68-,69-,70+,71+,72+,74+,75+,76+/m1/s1. The molecular formula is C79H110F9N13O24. The van der Waals surface area contributed by atoms with Gasteiger partial charge in [-0.2, -0.15) is 39.5 Å². The Morgan fingerprint density at radius 1 is 0.400 bits per heavy atom. The number of aromatic nitrogens is 6. The highest BCUT2D eigenvalue weighted by Gasteiger charge is 2.62. The van der Waals surface area contributed by atoms with Gasteiger partial charge in [0.05, 0.1) is 116 Å². The summed E-state index contributed by atoms with van der Waals surface area (Å²) in [6.45, 7) is -0.686. The first-order chi connectivity index (χ1) is 59.8. The first-order valence-electron chi connectivity index (χ1n) is 41.5. The van der Waals surface area contributed by atoms with Crippen molar-refractivity contribution in [1.29, 1.82) is 0 Å². The number of hydrogen-bond donors (Lipinski definition) is 13. The van der Waals surface area contributed by atoms with Crippen LogP contribution in [0.2, 0.25) is 0 Å². The zero-order valence-corrected chi connectivity index (χ0v) is 68.6. The molecule has 0 saturated carbocycles. The Hall–Kier alpha value is -8.14. The first-order valence-corrected chi connectivity index (χ1v) is 41.5. The zero-order valence-electron chi connectivity index (χ0n) is 68.6. The Kier molecular flexibility index (Phi) is 37.4. The lowest BCUT2D eigenvalue weighted by Gasteiger charge is -2.42. The van der Waals surface area contributed by atoms with E-state index in [9.17, 15) is 94.1 Å². The second-order valence-corrected chi connectivity index (χ2v) is 31.5. The highest BCUT2D eigenvalue weighted by Crippen LogP contribution is 2.43. The van der Waals surface area contributed by atoms with Crippen LogP contribution in [-0.4, -0.2) is 305 Å². The van der Waals surface area contributed by atoms with Gasteiger partial charge in [-0.3, -0.25) is 38.9 Å². The molecule has 0 unspecified atom stereocenters. The summed E-state index contributed by atoms with van der Waals surface area (Å²) in [5.74, 6) is -3.08. The van der Waals surface area contributed by atoms with Crippen LogP contribution in [0.3, 0.4) is 0 Å². The smallest absolute Gasteiger partial charge is 0.434 e. The SMILES string of the molecule is O=C(CCOCC(COCCC(=O)NCCCCCCOC[C@@]12CO[C@@H](O1)[C@H](Nc1cncc(C(F)(F)F)n1)[C@@H](O)[C@H]2O)(COCCC(=O)NCCCCCCOC[C@@]12CO[C@@H](O1)[C@H](Nc1cncc(C(F)(F)F)n1)[C@@H](O)[C@H]2O)NC(=O)CCCC(=O)OCc1ccccc1)NCCCCCCOC[C@@]12CO[C@@H](O1)[C@H](Nc1cncc(C(F)(F)F)n1)[C@@H](O)[C@H]2O. The van der Waals surface area contributed by atoms with Crippen LogP contribution in [0.4, 0.5) is 57.0 Å². The fourth-order valence-corrected chi connectivity index (χ4v) is 14.6. The number of ether oxygens (including phenoxy) is 13. The predicted molar refractivity (Wildman–Crippen MR) is 414 cm³/mol. The van der Waals surface area contributed by atoms with Crippen molar-refractivity contribution >= 4 is 47.1 Å². The normalized spacial score (nSPS) is 25.8. The van der Waals surface area contributed by atoms with E-state index in [0.717, 1.165) is 24.2 Å². The number of nitrogens with one attached hydrogen (secondary N) is 7. The van der Waals surface area contributed by atoms with Gasteiger partial charge in [-0.25, -0.2) is 15.0 Å². The first kappa shape index (κ1) is 99.0. The molecule has 6 saturated heterocycles. The van der Waals surface area contributed by atoms with Crippen molar-refractivity contribution in [3.63, 3.8) is 0 Å². The summed E-state index contributed by atoms with van der Waals surface area (Å²) in [6, 6.07) is 5.44. The number of nitrogens with zero attached hydrogens (tertiary/aromatic N) is 6. The number of aliphatic hydroxyl groups is 6. The molecule has 6 fully saturated rings. The highest BCUT2D eigenvalue weighted by atomic mass is 19.4. The molecule has 1 aromatic carbocycles. The van der Waals surface area contributed by atoms with Gasteiger partial charge in [0.2, 0.25) is 23.6 Å². The number of alkyl halides is 9. The lowest BCUT2D eigenvalue weighted by atomic mass is 9.88. The van der Waals surface area contributed by atoms with E-state index >= 15 is 0 Å². The molecule has 9 heterocycles. The van der Waals surface area contributed by atoms with Crippen molar-refractivity contribution in [3.05, 3.63) is 90.2 Å². The van der Waals surface area contributed by atoms with E-state index in [1.54, 1.807) is 24.3 Å². The molecule has 46 heteroatoms. The van der Waals surface area contributed by atoms with Gasteiger partial charge in [-0.05, 0) is 50.5 Å². The Labute approximate surface area is 713 Å². The van der Waals surface area contributed by atoms with Crippen LogP contribution in [0.25, 0.3) is 0 Å². The van der Waals surface area contributed by atoms with Crippen molar-refractivity contribution < 1.29 is 156 Å². The molecule has 0 aliphatic carbocycles. The van der Waals surface area contributed by atoms with Crippen LogP contribution in [0.15, 0.2) is 67.5 Å². The average Bonchev–Trinajstić information content (AvgIpc) is 1.62. The van der Waals surface area contributed by atoms with Crippen molar-refractivity contribution in [2.75, 3.05) is 135 Å². The second-order valence-electron chi connectivity index (χ2n) is 31.5. The van der Waals surface area contributed by atoms with Crippen LogP contribution in [-0.2, 0) is 111 Å². The molecule has 125 heavy (non-hydrogen) atoms. The number of amides is 4. The van der Waals surface area contributed by atoms with Crippen molar-refractivity contribution in [3.8, 4) is 0 Å². The topological polar surface area (TPSA) is 488 Å². The maximum absolute atomic E-state index is 14.0. The zero-order chi connectivity index (χ0) is 89.7. The molecule has 6 aliphatic rings. The van der Waals surface area contributed by atoms with E-state index in [2.05, 4.69) is 67.1 Å². The predicted octanol–water partition coefficient (Wildman–Crippen LogP) is 3.46. The molecule has 6 aliphatic heterocycles. The van der Waals surface area contributed by atoms with Gasteiger partial charge in [0, 0.05) is 71.6 Å². The minimum absolute atomic E-state index is 0.0259. The molecule has 4 amide bonds. The summed E-state index contributed by atoms with van der Waals surface area (Å²) in [6.07, 6.45) is -15.4. The van der Waals surface area contributed by atoms with Crippen LogP contribution in [0, 0.1) is 0 Å². The molecule has 0 radical (unpaired) electrons. The monoisotopic (exact) mass is 1800 g/mol. The maximum Gasteiger partial charge on any atom is 0.434 e. The third-order valence-electron chi connectivity index (χ3n) is 21.5. The summed E-state index contributed by atoms with van der Waals surface area (Å²) < 4.78 is 196. The number of benzene rings is 1. The van der Waals surface area contributed by atoms with E-state index in [1.165, 1.54) is 0 Å². The molecule has 37 nitrogen and oxygen atoms in total. The summed E-state index contributed by atoms with van der Waals surface area (Å²) in [5, 5.41) is 85.7. The van der Waals surface area contributed by atoms with Crippen molar-refractivity contribution in [2.45, 2.75) is 237 Å². The van der Waals surface area contributed by atoms with Crippen molar-refractivity contribution in [2.24, 2.45) is 0 Å². The van der Waals surface area contributed by atoms with Crippen LogP contribution in [0.1, 0.15) is 138 Å². The highest BCUT2D eigenvalue weighted by molar-refractivity contribution is 5.78. The quantitative estimate of drug-likeness (QED) is 0.0171. The molecule has 4 aromatic rings. The molecule has 3 aromatic heterocycles. The minimum atomic E-state index is -4.77. The average molecular weight is 1800 g/mol. The van der Waals surface area contributed by atoms with Gasteiger partial charge in [0.25, 0.3) is 0 Å². The summed E-state index contributed by atoms with van der Waals surface area (Å²) >= 11 is 0. The summed E-state index contributed by atoms with van der Waals surface area (Å²) in [7, 11) is 0. The van der Waals surface area contributed by atoms with Gasteiger partial charge in [-0.15, -0.1) is 0 Å². The van der Waals surface area contributed by atoms with E-state index in [1.807, 2.05) is 6.07 Å². The van der Waals surface area contributed by atoms with Gasteiger partial charge < -0.3 is 129 Å². The molecule has 698 valence electrons. The Morgan fingerprint density at radius 3 is 1.07 bits per heavy atom. The fourth-order valence-electron chi connectivity index (χ4n) is 14.6. The number of hydrogen-bond acceptors (Lipinski definition) is 33. The summed E-state index contributed by atoms with van der Waals surface area (Å²) in [4.78, 5) is 87.5. The van der Waals surface area contributed by atoms with Crippen LogP contribution < -0.4 is 37.2 Å². The third-order valence-corrected chi connectivity index (χ3v) is 21.5. The molecule has 0 spiro atoms. The number of carbonyl (C=O) groups is 5. The van der Waals surface area contributed by atoms with E-state index < -0.39 is 143 Å². The Morgan fingerprint density at radius 2 is 0.736 bits per heavy atom. The number of fused-ring (bicyclic) bond motifs is 6. The number of esters is 1. The molecule has 10 rings (SSSR count). The molecule has 13 N–H and O–H groups in total. The molecule has 15 atom stereocenters. The number of rotatable bonds is 55. The molecule has 6 bridgehead atoms. The van der Waals surface area contributed by atoms with Gasteiger partial charge in [0.1, 0.15) is 101 Å². The second kappa shape index (κ2) is 47.3. The Bertz CT molecular complexity index is 3690. The van der Waals surface area contributed by atoms with Gasteiger partial charge in [-0.1, -0.05) is 68.9 Å². The van der Waals surface area contributed by atoms with E-state index in [-0.39, 0.29) is 179 Å². The lowest BCUT2D eigenvalue weighted by Crippen LogP contribution is -2.64. The number of anilines is 3. The van der Waals surface area contributed by atoms with Gasteiger partial charge >= 0.3 is 24.5 Å². The minimum Gasteiger partial charge on any atom is -0.461 e. The van der Waals surface area contributed by atoms with Crippen molar-refractivity contribution in [1.82, 2.24) is 51.2 Å². The van der Waals surface area contributed by atoms with Crippen LogP contribution >= 0.6 is 0 Å². The molecular weight excluding hydrogens is 1690 g/mol. The summed E-state index contributed by atoms with van der Waals surface area (Å²) in [5.41, 5.74) is -8.87. The van der Waals surface area contributed by atoms with Gasteiger partial charge in [0.15, 0.2) is 36.0 Å². The number of carbonyl (C=O) groups excluding carboxylic acids is 5.